The van der Waals surface area contributed by atoms with E-state index in [0.717, 1.165) is 37.0 Å². The van der Waals surface area contributed by atoms with Crippen molar-refractivity contribution in [1.29, 1.82) is 0 Å². The molecule has 128 valence electrons. The molecule has 1 aliphatic rings. The molecule has 1 atom stereocenters. The zero-order chi connectivity index (χ0) is 17.2. The number of carbonyl (C=O) groups excluding carboxylic acids is 1. The Morgan fingerprint density at radius 2 is 1.92 bits per heavy atom. The second-order valence-corrected chi connectivity index (χ2v) is 6.25. The van der Waals surface area contributed by atoms with E-state index in [0.29, 0.717) is 11.7 Å². The fourth-order valence-corrected chi connectivity index (χ4v) is 3.30. The van der Waals surface area contributed by atoms with E-state index in [4.69, 9.17) is 14.0 Å². The van der Waals surface area contributed by atoms with Gasteiger partial charge in [-0.3, -0.25) is 4.79 Å². The second-order valence-electron chi connectivity index (χ2n) is 6.25. The third-order valence-electron chi connectivity index (χ3n) is 4.67. The molecule has 2 aromatic rings. The van der Waals surface area contributed by atoms with Crippen LogP contribution in [0.1, 0.15) is 56.0 Å². The van der Waals surface area contributed by atoms with Gasteiger partial charge in [-0.1, -0.05) is 30.1 Å². The van der Waals surface area contributed by atoms with Crippen LogP contribution in [0.3, 0.4) is 0 Å². The number of rotatable bonds is 5. The number of aryl methyl sites for hydroxylation is 1. The van der Waals surface area contributed by atoms with E-state index in [1.807, 2.05) is 24.3 Å². The topological polar surface area (TPSA) is 74.5 Å². The van der Waals surface area contributed by atoms with Crippen LogP contribution < -0.4 is 4.74 Å². The maximum atomic E-state index is 13.0. The smallest absolute Gasteiger partial charge is 0.317 e. The summed E-state index contributed by atoms with van der Waals surface area (Å²) < 4.78 is 16.0. The molecule has 6 heteroatoms. The molecular formula is C18H22N2O4. The van der Waals surface area contributed by atoms with Gasteiger partial charge in [0.2, 0.25) is 0 Å². The number of hydrogen-bond acceptors (Lipinski definition) is 6. The van der Waals surface area contributed by atoms with Crippen molar-refractivity contribution in [3.63, 3.8) is 0 Å². The van der Waals surface area contributed by atoms with Gasteiger partial charge in [-0.05, 0) is 44.4 Å². The van der Waals surface area contributed by atoms with Crippen molar-refractivity contribution in [2.45, 2.75) is 51.0 Å². The van der Waals surface area contributed by atoms with Gasteiger partial charge in [0.25, 0.3) is 5.89 Å². The molecule has 0 saturated heterocycles. The molecule has 1 aromatic heterocycles. The first kappa shape index (κ1) is 16.5. The molecule has 0 bridgehead atoms. The standard InChI is InChI=1S/C18H22N2O4/c1-12(16-19-13(2)20-24-16)23-17(21)18(10-4-5-11-18)14-6-8-15(22-3)9-7-14/h6-9,12H,4-5,10-11H2,1-3H3. The third-order valence-corrected chi connectivity index (χ3v) is 4.67. The molecule has 0 N–H and O–H groups in total. The highest BCUT2D eigenvalue weighted by Gasteiger charge is 2.45. The minimum atomic E-state index is -0.602. The van der Waals surface area contributed by atoms with Gasteiger partial charge >= 0.3 is 5.97 Å². The van der Waals surface area contributed by atoms with E-state index >= 15 is 0 Å². The number of methoxy groups -OCH3 is 1. The Morgan fingerprint density at radius 1 is 1.25 bits per heavy atom. The SMILES string of the molecule is COc1ccc(C2(C(=O)OC(C)c3nc(C)no3)CCCC2)cc1. The van der Waals surface area contributed by atoms with Crippen molar-refractivity contribution in [3.05, 3.63) is 41.5 Å². The fourth-order valence-electron chi connectivity index (χ4n) is 3.30. The van der Waals surface area contributed by atoms with E-state index in [1.54, 1.807) is 21.0 Å². The van der Waals surface area contributed by atoms with Crippen molar-refractivity contribution in [2.24, 2.45) is 0 Å². The molecule has 0 radical (unpaired) electrons. The minimum Gasteiger partial charge on any atom is -0.497 e. The van der Waals surface area contributed by atoms with Gasteiger partial charge < -0.3 is 14.0 Å². The highest BCUT2D eigenvalue weighted by Crippen LogP contribution is 2.43. The van der Waals surface area contributed by atoms with Crippen LogP contribution in [0.5, 0.6) is 5.75 Å². The number of ether oxygens (including phenoxy) is 2. The summed E-state index contributed by atoms with van der Waals surface area (Å²) in [6, 6.07) is 7.67. The molecule has 1 fully saturated rings. The molecule has 0 amide bonds. The number of benzene rings is 1. The Kier molecular flexibility index (Phi) is 4.55. The van der Waals surface area contributed by atoms with Gasteiger partial charge in [-0.25, -0.2) is 0 Å². The molecule has 1 unspecified atom stereocenters. The van der Waals surface area contributed by atoms with E-state index in [-0.39, 0.29) is 5.97 Å². The van der Waals surface area contributed by atoms with Crippen molar-refractivity contribution in [2.75, 3.05) is 7.11 Å². The van der Waals surface area contributed by atoms with Crippen LogP contribution in [0.15, 0.2) is 28.8 Å². The van der Waals surface area contributed by atoms with Crippen LogP contribution in [0.25, 0.3) is 0 Å². The zero-order valence-electron chi connectivity index (χ0n) is 14.2. The van der Waals surface area contributed by atoms with E-state index in [1.165, 1.54) is 0 Å². The van der Waals surface area contributed by atoms with Gasteiger partial charge in [0.05, 0.1) is 12.5 Å². The summed E-state index contributed by atoms with van der Waals surface area (Å²) in [7, 11) is 1.63. The summed E-state index contributed by atoms with van der Waals surface area (Å²) in [6.45, 7) is 3.49. The van der Waals surface area contributed by atoms with Gasteiger partial charge in [-0.15, -0.1) is 0 Å². The summed E-state index contributed by atoms with van der Waals surface area (Å²) in [4.78, 5) is 17.1. The summed E-state index contributed by atoms with van der Waals surface area (Å²) in [5.74, 6) is 1.39. The summed E-state index contributed by atoms with van der Waals surface area (Å²) >= 11 is 0. The predicted molar refractivity (Wildman–Crippen MR) is 86.7 cm³/mol. The quantitative estimate of drug-likeness (QED) is 0.781. The Balaban J connectivity index is 1.82. The molecule has 1 saturated carbocycles. The van der Waals surface area contributed by atoms with Gasteiger partial charge in [0.1, 0.15) is 5.75 Å². The normalized spacial score (nSPS) is 17.5. The molecule has 1 aromatic carbocycles. The average molecular weight is 330 g/mol. The highest BCUT2D eigenvalue weighted by molar-refractivity contribution is 5.84. The first-order chi connectivity index (χ1) is 11.5. The lowest BCUT2D eigenvalue weighted by atomic mass is 9.79. The number of carbonyl (C=O) groups is 1. The molecule has 3 rings (SSSR count). The van der Waals surface area contributed by atoms with E-state index in [9.17, 15) is 4.79 Å². The Bertz CT molecular complexity index is 702. The van der Waals surface area contributed by atoms with Gasteiger partial charge in [-0.2, -0.15) is 4.98 Å². The fraction of sp³-hybridized carbons (Fsp3) is 0.500. The van der Waals surface area contributed by atoms with Crippen molar-refractivity contribution < 1.29 is 18.8 Å². The third kappa shape index (κ3) is 3.00. The van der Waals surface area contributed by atoms with Crippen molar-refractivity contribution >= 4 is 5.97 Å². The maximum absolute atomic E-state index is 13.0. The minimum absolute atomic E-state index is 0.228. The first-order valence-electron chi connectivity index (χ1n) is 8.21. The van der Waals surface area contributed by atoms with E-state index < -0.39 is 11.5 Å². The van der Waals surface area contributed by atoms with Gasteiger partial charge in [0.15, 0.2) is 11.9 Å². The van der Waals surface area contributed by atoms with Crippen molar-refractivity contribution in [3.8, 4) is 5.75 Å². The monoisotopic (exact) mass is 330 g/mol. The second kappa shape index (κ2) is 6.63. The van der Waals surface area contributed by atoms with Crippen LogP contribution in [0.2, 0.25) is 0 Å². The van der Waals surface area contributed by atoms with Crippen LogP contribution in [-0.2, 0) is 14.9 Å². The first-order valence-corrected chi connectivity index (χ1v) is 8.21. The van der Waals surface area contributed by atoms with Crippen LogP contribution in [0, 0.1) is 6.92 Å². The lowest BCUT2D eigenvalue weighted by molar-refractivity contribution is -0.157. The highest BCUT2D eigenvalue weighted by atomic mass is 16.6. The van der Waals surface area contributed by atoms with Gasteiger partial charge in [0, 0.05) is 0 Å². The number of esters is 1. The van der Waals surface area contributed by atoms with Crippen LogP contribution in [0.4, 0.5) is 0 Å². The lowest BCUT2D eigenvalue weighted by Crippen LogP contribution is -2.35. The number of aromatic nitrogens is 2. The molecule has 6 nitrogen and oxygen atoms in total. The van der Waals surface area contributed by atoms with E-state index in [2.05, 4.69) is 10.1 Å². The molecule has 0 spiro atoms. The van der Waals surface area contributed by atoms with Crippen LogP contribution >= 0.6 is 0 Å². The van der Waals surface area contributed by atoms with Crippen molar-refractivity contribution in [1.82, 2.24) is 10.1 Å². The number of hydrogen-bond donors (Lipinski definition) is 0. The summed E-state index contributed by atoms with van der Waals surface area (Å²) in [5, 5.41) is 3.75. The molecule has 24 heavy (non-hydrogen) atoms. The average Bonchev–Trinajstić information content (AvgIpc) is 3.25. The molecule has 0 aliphatic heterocycles. The van der Waals surface area contributed by atoms with Crippen LogP contribution in [-0.4, -0.2) is 23.2 Å². The Hall–Kier alpha value is -2.37. The predicted octanol–water partition coefficient (Wildman–Crippen LogP) is 3.50. The summed E-state index contributed by atoms with van der Waals surface area (Å²) in [5.41, 5.74) is 0.370. The lowest BCUT2D eigenvalue weighted by Gasteiger charge is -2.28. The Labute approximate surface area is 141 Å². The summed E-state index contributed by atoms with van der Waals surface area (Å²) in [6.07, 6.45) is 3.03. The molecular weight excluding hydrogens is 308 g/mol. The largest absolute Gasteiger partial charge is 0.497 e. The Morgan fingerprint density at radius 3 is 2.46 bits per heavy atom. The maximum Gasteiger partial charge on any atom is 0.317 e. The molecule has 1 aliphatic carbocycles. The zero-order valence-corrected chi connectivity index (χ0v) is 14.2. The number of nitrogens with zero attached hydrogens (tertiary/aromatic N) is 2. The molecule has 1 heterocycles.